The minimum Gasteiger partial charge on any atom is -0.480 e. The standard InChI is InChI=1S/C22H26N2O5/c1-22(2,24-21(28)29-15-17-11-7-4-8-12-17)20(27)23-18(19(25)26)14-13-16-9-5-3-6-10-16/h3-12,18H,13-15H2,1-2H3,(H,23,27)(H,24,28)(H,25,26). The van der Waals surface area contributed by atoms with Gasteiger partial charge in [0.05, 0.1) is 0 Å². The molecular weight excluding hydrogens is 372 g/mol. The highest BCUT2D eigenvalue weighted by molar-refractivity contribution is 5.92. The second-order valence-electron chi connectivity index (χ2n) is 7.20. The summed E-state index contributed by atoms with van der Waals surface area (Å²) in [5, 5.41) is 14.4. The number of ether oxygens (including phenoxy) is 1. The summed E-state index contributed by atoms with van der Waals surface area (Å²) >= 11 is 0. The summed E-state index contributed by atoms with van der Waals surface area (Å²) in [6, 6.07) is 17.5. The molecule has 1 unspecified atom stereocenters. The topological polar surface area (TPSA) is 105 Å². The van der Waals surface area contributed by atoms with Gasteiger partial charge in [-0.15, -0.1) is 0 Å². The van der Waals surface area contributed by atoms with Crippen LogP contribution in [0.25, 0.3) is 0 Å². The Morgan fingerprint density at radius 1 is 0.966 bits per heavy atom. The molecule has 0 aliphatic carbocycles. The lowest BCUT2D eigenvalue weighted by molar-refractivity contribution is -0.142. The molecule has 0 fully saturated rings. The van der Waals surface area contributed by atoms with Crippen LogP contribution in [0.1, 0.15) is 31.4 Å². The normalized spacial score (nSPS) is 11.9. The fraction of sp³-hybridized carbons (Fsp3) is 0.318. The van der Waals surface area contributed by atoms with Crippen molar-refractivity contribution in [3.05, 3.63) is 71.8 Å². The molecule has 1 atom stereocenters. The van der Waals surface area contributed by atoms with Crippen LogP contribution in [-0.4, -0.2) is 34.7 Å². The van der Waals surface area contributed by atoms with E-state index in [4.69, 9.17) is 4.74 Å². The van der Waals surface area contributed by atoms with Crippen molar-refractivity contribution in [3.63, 3.8) is 0 Å². The smallest absolute Gasteiger partial charge is 0.408 e. The lowest BCUT2D eigenvalue weighted by Crippen LogP contribution is -2.57. The Labute approximate surface area is 170 Å². The van der Waals surface area contributed by atoms with E-state index in [0.29, 0.717) is 6.42 Å². The molecule has 0 spiro atoms. The van der Waals surface area contributed by atoms with E-state index in [2.05, 4.69) is 10.6 Å². The zero-order valence-corrected chi connectivity index (χ0v) is 16.6. The van der Waals surface area contributed by atoms with Gasteiger partial charge in [0.25, 0.3) is 0 Å². The van der Waals surface area contributed by atoms with E-state index in [0.717, 1.165) is 11.1 Å². The predicted octanol–water partition coefficient (Wildman–Crippen LogP) is 2.89. The molecule has 0 saturated carbocycles. The van der Waals surface area contributed by atoms with Gasteiger partial charge in [0, 0.05) is 0 Å². The number of carbonyl (C=O) groups is 3. The molecule has 29 heavy (non-hydrogen) atoms. The molecule has 2 aromatic carbocycles. The quantitative estimate of drug-likeness (QED) is 0.602. The Morgan fingerprint density at radius 3 is 2.07 bits per heavy atom. The van der Waals surface area contributed by atoms with Gasteiger partial charge in [0.15, 0.2) is 0 Å². The third-order valence-corrected chi connectivity index (χ3v) is 4.36. The monoisotopic (exact) mass is 398 g/mol. The number of alkyl carbamates (subject to hydrolysis) is 1. The Morgan fingerprint density at radius 2 is 1.52 bits per heavy atom. The van der Waals surface area contributed by atoms with Crippen LogP contribution in [0.15, 0.2) is 60.7 Å². The van der Waals surface area contributed by atoms with Crippen LogP contribution in [-0.2, 0) is 27.4 Å². The maximum atomic E-state index is 12.6. The van der Waals surface area contributed by atoms with Gasteiger partial charge in [0.1, 0.15) is 18.2 Å². The van der Waals surface area contributed by atoms with Gasteiger partial charge in [0.2, 0.25) is 5.91 Å². The van der Waals surface area contributed by atoms with Crippen LogP contribution < -0.4 is 10.6 Å². The van der Waals surface area contributed by atoms with Crippen molar-refractivity contribution >= 4 is 18.0 Å². The van der Waals surface area contributed by atoms with Crippen LogP contribution in [0.5, 0.6) is 0 Å². The number of amides is 2. The highest BCUT2D eigenvalue weighted by Crippen LogP contribution is 2.09. The summed E-state index contributed by atoms with van der Waals surface area (Å²) < 4.78 is 5.13. The zero-order chi connectivity index (χ0) is 21.3. The zero-order valence-electron chi connectivity index (χ0n) is 16.6. The van der Waals surface area contributed by atoms with Gasteiger partial charge in [-0.05, 0) is 37.8 Å². The minimum atomic E-state index is -1.34. The number of aliphatic carboxylic acids is 1. The molecule has 7 heteroatoms. The van der Waals surface area contributed by atoms with Gasteiger partial charge < -0.3 is 20.5 Å². The van der Waals surface area contributed by atoms with Crippen molar-refractivity contribution in [1.29, 1.82) is 0 Å². The van der Waals surface area contributed by atoms with Crippen molar-refractivity contribution < 1.29 is 24.2 Å². The van der Waals surface area contributed by atoms with Crippen LogP contribution in [0.4, 0.5) is 4.79 Å². The average molecular weight is 398 g/mol. The first-order valence-electron chi connectivity index (χ1n) is 9.34. The molecule has 7 nitrogen and oxygen atoms in total. The SMILES string of the molecule is CC(C)(NC(=O)OCc1ccccc1)C(=O)NC(CCc1ccccc1)C(=O)O. The number of rotatable bonds is 9. The number of hydrogen-bond donors (Lipinski definition) is 3. The minimum absolute atomic E-state index is 0.0686. The van der Waals surface area contributed by atoms with E-state index >= 15 is 0 Å². The summed E-state index contributed by atoms with van der Waals surface area (Å²) in [4.78, 5) is 36.1. The summed E-state index contributed by atoms with van der Waals surface area (Å²) in [6.45, 7) is 3.05. The van der Waals surface area contributed by atoms with E-state index in [1.807, 2.05) is 60.7 Å². The van der Waals surface area contributed by atoms with Gasteiger partial charge in [-0.2, -0.15) is 0 Å². The van der Waals surface area contributed by atoms with Crippen molar-refractivity contribution in [2.75, 3.05) is 0 Å². The molecule has 0 saturated heterocycles. The molecule has 2 rings (SSSR count). The second-order valence-corrected chi connectivity index (χ2v) is 7.20. The summed E-state index contributed by atoms with van der Waals surface area (Å²) in [7, 11) is 0. The van der Waals surface area contributed by atoms with Crippen LogP contribution in [0, 0.1) is 0 Å². The van der Waals surface area contributed by atoms with E-state index < -0.39 is 29.6 Å². The van der Waals surface area contributed by atoms with Crippen molar-refractivity contribution in [1.82, 2.24) is 10.6 Å². The molecular formula is C22H26N2O5. The number of carboxylic acids is 1. The highest BCUT2D eigenvalue weighted by Gasteiger charge is 2.33. The van der Waals surface area contributed by atoms with Crippen molar-refractivity contribution in [3.8, 4) is 0 Å². The van der Waals surface area contributed by atoms with Crippen LogP contribution in [0.2, 0.25) is 0 Å². The Bertz CT molecular complexity index is 822. The lowest BCUT2D eigenvalue weighted by Gasteiger charge is -2.26. The molecule has 0 aliphatic rings. The van der Waals surface area contributed by atoms with Crippen LogP contribution >= 0.6 is 0 Å². The summed E-state index contributed by atoms with van der Waals surface area (Å²) in [6.07, 6.45) is -0.0184. The molecule has 3 N–H and O–H groups in total. The van der Waals surface area contributed by atoms with Crippen LogP contribution in [0.3, 0.4) is 0 Å². The number of hydrogen-bond acceptors (Lipinski definition) is 4. The van der Waals surface area contributed by atoms with E-state index in [1.165, 1.54) is 13.8 Å². The highest BCUT2D eigenvalue weighted by atomic mass is 16.5. The predicted molar refractivity (Wildman–Crippen MR) is 108 cm³/mol. The van der Waals surface area contributed by atoms with Gasteiger partial charge in [-0.1, -0.05) is 60.7 Å². The van der Waals surface area contributed by atoms with Crippen molar-refractivity contribution in [2.45, 2.75) is 44.9 Å². The molecule has 0 aliphatic heterocycles. The molecule has 0 aromatic heterocycles. The number of carbonyl (C=O) groups excluding carboxylic acids is 2. The fourth-order valence-corrected chi connectivity index (χ4v) is 2.62. The lowest BCUT2D eigenvalue weighted by atomic mass is 10.0. The van der Waals surface area contributed by atoms with Gasteiger partial charge in [-0.25, -0.2) is 9.59 Å². The molecule has 2 aromatic rings. The first kappa shape index (κ1) is 21.9. The molecule has 2 amide bonds. The number of nitrogens with one attached hydrogen (secondary N) is 2. The maximum absolute atomic E-state index is 12.6. The maximum Gasteiger partial charge on any atom is 0.408 e. The van der Waals surface area contributed by atoms with Gasteiger partial charge >= 0.3 is 12.1 Å². The largest absolute Gasteiger partial charge is 0.480 e. The Kier molecular flexibility index (Phi) is 7.77. The molecule has 0 bridgehead atoms. The molecule has 0 radical (unpaired) electrons. The molecule has 154 valence electrons. The van der Waals surface area contributed by atoms with E-state index in [-0.39, 0.29) is 13.0 Å². The average Bonchev–Trinajstić information content (AvgIpc) is 2.70. The molecule has 0 heterocycles. The Hall–Kier alpha value is -3.35. The third-order valence-electron chi connectivity index (χ3n) is 4.36. The first-order valence-corrected chi connectivity index (χ1v) is 9.34. The fourth-order valence-electron chi connectivity index (χ4n) is 2.62. The summed E-state index contributed by atoms with van der Waals surface area (Å²) in [5.41, 5.74) is 0.459. The second kappa shape index (κ2) is 10.3. The third kappa shape index (κ3) is 7.29. The number of benzene rings is 2. The van der Waals surface area contributed by atoms with Gasteiger partial charge in [-0.3, -0.25) is 4.79 Å². The number of aryl methyl sites for hydroxylation is 1. The first-order chi connectivity index (χ1) is 13.8. The van der Waals surface area contributed by atoms with E-state index in [1.54, 1.807) is 0 Å². The Balaban J connectivity index is 1.87. The number of carboxylic acid groups (broad SMARTS) is 1. The van der Waals surface area contributed by atoms with E-state index in [9.17, 15) is 19.5 Å². The van der Waals surface area contributed by atoms with Crippen molar-refractivity contribution in [2.24, 2.45) is 0 Å². The summed E-state index contributed by atoms with van der Waals surface area (Å²) in [5.74, 6) is -1.73.